The zero-order valence-corrected chi connectivity index (χ0v) is 8.96. The molecule has 1 rings (SSSR count). The van der Waals surface area contributed by atoms with Gasteiger partial charge in [-0.05, 0) is 12.1 Å². The molecule has 0 atom stereocenters. The lowest BCUT2D eigenvalue weighted by Crippen LogP contribution is -2.11. The first-order chi connectivity index (χ1) is 7.79. The van der Waals surface area contributed by atoms with Gasteiger partial charge in [-0.25, -0.2) is 22.0 Å². The van der Waals surface area contributed by atoms with Crippen molar-refractivity contribution >= 4 is 15.8 Å². The second-order valence-corrected chi connectivity index (χ2v) is 4.95. The predicted octanol–water partition coefficient (Wildman–Crippen LogP) is 0.960. The standard InChI is InChI=1S/C9H5F2NO4S/c10-6-3-5(9(13)14)4-7(8(6)11)17(15,16)2-1-12/h3-4H,2H2,(H,13,14). The van der Waals surface area contributed by atoms with Crippen LogP contribution in [0.3, 0.4) is 0 Å². The van der Waals surface area contributed by atoms with Crippen molar-refractivity contribution in [2.24, 2.45) is 0 Å². The summed E-state index contributed by atoms with van der Waals surface area (Å²) in [4.78, 5) is 9.42. The Morgan fingerprint density at radius 2 is 2.00 bits per heavy atom. The van der Waals surface area contributed by atoms with Gasteiger partial charge < -0.3 is 5.11 Å². The highest BCUT2D eigenvalue weighted by atomic mass is 32.2. The van der Waals surface area contributed by atoms with Crippen LogP contribution in [-0.4, -0.2) is 25.2 Å². The van der Waals surface area contributed by atoms with E-state index in [0.717, 1.165) is 0 Å². The highest BCUT2D eigenvalue weighted by Gasteiger charge is 2.24. The molecule has 17 heavy (non-hydrogen) atoms. The normalized spacial score (nSPS) is 10.9. The number of carboxylic acid groups (broad SMARTS) is 1. The summed E-state index contributed by atoms with van der Waals surface area (Å²) < 4.78 is 48.9. The second kappa shape index (κ2) is 4.47. The van der Waals surface area contributed by atoms with Crippen LogP contribution < -0.4 is 0 Å². The van der Waals surface area contributed by atoms with Crippen molar-refractivity contribution in [1.29, 1.82) is 5.26 Å². The minimum absolute atomic E-state index is 0.364. The number of hydrogen-bond donors (Lipinski definition) is 1. The average molecular weight is 261 g/mol. The third-order valence-electron chi connectivity index (χ3n) is 1.83. The average Bonchev–Trinajstić information content (AvgIpc) is 2.21. The van der Waals surface area contributed by atoms with Crippen LogP contribution in [-0.2, 0) is 9.84 Å². The topological polar surface area (TPSA) is 95.2 Å². The molecular weight excluding hydrogens is 256 g/mol. The first-order valence-corrected chi connectivity index (χ1v) is 5.77. The number of hydrogen-bond acceptors (Lipinski definition) is 4. The molecule has 0 spiro atoms. The molecule has 0 fully saturated rings. The molecule has 0 saturated carbocycles. The quantitative estimate of drug-likeness (QED) is 0.874. The molecule has 0 heterocycles. The number of halogens is 2. The maximum Gasteiger partial charge on any atom is 0.335 e. The number of rotatable bonds is 3. The Bertz CT molecular complexity index is 619. The van der Waals surface area contributed by atoms with Crippen LogP contribution in [0.4, 0.5) is 8.78 Å². The lowest BCUT2D eigenvalue weighted by Gasteiger charge is -2.04. The molecule has 90 valence electrons. The van der Waals surface area contributed by atoms with Gasteiger partial charge in [0.2, 0.25) is 0 Å². The van der Waals surface area contributed by atoms with Gasteiger partial charge in [-0.3, -0.25) is 0 Å². The van der Waals surface area contributed by atoms with Crippen molar-refractivity contribution in [3.05, 3.63) is 29.3 Å². The van der Waals surface area contributed by atoms with Gasteiger partial charge in [-0.1, -0.05) is 0 Å². The molecule has 0 saturated heterocycles. The highest BCUT2D eigenvalue weighted by molar-refractivity contribution is 7.91. The van der Waals surface area contributed by atoms with Crippen LogP contribution in [0.2, 0.25) is 0 Å². The lowest BCUT2D eigenvalue weighted by atomic mass is 10.2. The summed E-state index contributed by atoms with van der Waals surface area (Å²) in [5.41, 5.74) is -0.708. The fraction of sp³-hybridized carbons (Fsp3) is 0.111. The van der Waals surface area contributed by atoms with E-state index in [9.17, 15) is 22.0 Å². The van der Waals surface area contributed by atoms with Crippen LogP contribution in [0.5, 0.6) is 0 Å². The minimum atomic E-state index is -4.36. The third kappa shape index (κ3) is 2.57. The predicted molar refractivity (Wildman–Crippen MR) is 51.0 cm³/mol. The molecular formula is C9H5F2NO4S. The van der Waals surface area contributed by atoms with E-state index in [1.165, 1.54) is 6.07 Å². The van der Waals surface area contributed by atoms with Crippen molar-refractivity contribution < 1.29 is 27.1 Å². The van der Waals surface area contributed by atoms with Crippen molar-refractivity contribution in [2.45, 2.75) is 4.90 Å². The van der Waals surface area contributed by atoms with Crippen molar-refractivity contribution in [1.82, 2.24) is 0 Å². The van der Waals surface area contributed by atoms with E-state index in [4.69, 9.17) is 10.4 Å². The summed E-state index contributed by atoms with van der Waals surface area (Å²) in [6.07, 6.45) is 0. The number of sulfone groups is 1. The highest BCUT2D eigenvalue weighted by Crippen LogP contribution is 2.21. The summed E-state index contributed by atoms with van der Waals surface area (Å²) in [7, 11) is -4.36. The minimum Gasteiger partial charge on any atom is -0.478 e. The number of benzene rings is 1. The molecule has 1 N–H and O–H groups in total. The number of aromatic carboxylic acids is 1. The molecule has 0 unspecified atom stereocenters. The molecule has 0 aliphatic heterocycles. The van der Waals surface area contributed by atoms with Crippen LogP contribution in [0.1, 0.15) is 10.4 Å². The Labute approximate surface area is 94.8 Å². The zero-order chi connectivity index (χ0) is 13.2. The number of nitriles is 1. The molecule has 0 aliphatic rings. The second-order valence-electron chi connectivity index (χ2n) is 2.99. The van der Waals surface area contributed by atoms with E-state index >= 15 is 0 Å². The number of nitrogens with zero attached hydrogens (tertiary/aromatic N) is 1. The van der Waals surface area contributed by atoms with E-state index in [0.29, 0.717) is 12.1 Å². The van der Waals surface area contributed by atoms with Gasteiger partial charge in [0.25, 0.3) is 0 Å². The molecule has 0 aromatic heterocycles. The van der Waals surface area contributed by atoms with E-state index in [-0.39, 0.29) is 0 Å². The van der Waals surface area contributed by atoms with Crippen molar-refractivity contribution in [3.8, 4) is 6.07 Å². The SMILES string of the molecule is N#CCS(=O)(=O)c1cc(C(=O)O)cc(F)c1F. The van der Waals surface area contributed by atoms with Gasteiger partial charge in [0.15, 0.2) is 21.5 Å². The van der Waals surface area contributed by atoms with Gasteiger partial charge >= 0.3 is 5.97 Å². The first-order valence-electron chi connectivity index (χ1n) is 4.11. The Morgan fingerprint density at radius 3 is 2.47 bits per heavy atom. The molecule has 0 radical (unpaired) electrons. The Morgan fingerprint density at radius 1 is 1.41 bits per heavy atom. The summed E-state index contributed by atoms with van der Waals surface area (Å²) >= 11 is 0. The smallest absolute Gasteiger partial charge is 0.335 e. The zero-order valence-electron chi connectivity index (χ0n) is 8.15. The fourth-order valence-electron chi connectivity index (χ4n) is 1.08. The Kier molecular flexibility index (Phi) is 3.43. The summed E-state index contributed by atoms with van der Waals surface area (Å²) in [5, 5.41) is 16.8. The first kappa shape index (κ1) is 13.1. The van der Waals surface area contributed by atoms with Gasteiger partial charge in [-0.2, -0.15) is 5.26 Å². The van der Waals surface area contributed by atoms with Crippen molar-refractivity contribution in [2.75, 3.05) is 5.75 Å². The fourth-order valence-corrected chi connectivity index (χ4v) is 2.08. The molecule has 1 aromatic rings. The molecule has 5 nitrogen and oxygen atoms in total. The van der Waals surface area contributed by atoms with Gasteiger partial charge in [0.1, 0.15) is 10.6 Å². The molecule has 8 heteroatoms. The van der Waals surface area contributed by atoms with Gasteiger partial charge in [0, 0.05) is 0 Å². The van der Waals surface area contributed by atoms with E-state index < -0.39 is 43.7 Å². The number of carboxylic acids is 1. The lowest BCUT2D eigenvalue weighted by molar-refractivity contribution is 0.0696. The van der Waals surface area contributed by atoms with E-state index in [1.54, 1.807) is 0 Å². The molecule has 0 amide bonds. The van der Waals surface area contributed by atoms with Crippen LogP contribution in [0.25, 0.3) is 0 Å². The van der Waals surface area contributed by atoms with Crippen LogP contribution in [0.15, 0.2) is 17.0 Å². The van der Waals surface area contributed by atoms with Gasteiger partial charge in [-0.15, -0.1) is 0 Å². The molecule has 0 bridgehead atoms. The Hall–Kier alpha value is -2.01. The molecule has 0 aliphatic carbocycles. The van der Waals surface area contributed by atoms with E-state index in [1.807, 2.05) is 0 Å². The van der Waals surface area contributed by atoms with Gasteiger partial charge in [0.05, 0.1) is 11.6 Å². The maximum atomic E-state index is 13.2. The van der Waals surface area contributed by atoms with Crippen LogP contribution in [0, 0.1) is 23.0 Å². The third-order valence-corrected chi connectivity index (χ3v) is 3.31. The molecule has 1 aromatic carbocycles. The summed E-state index contributed by atoms with van der Waals surface area (Å²) in [5.74, 6) is -5.95. The summed E-state index contributed by atoms with van der Waals surface area (Å²) in [6.45, 7) is 0. The largest absolute Gasteiger partial charge is 0.478 e. The monoisotopic (exact) mass is 261 g/mol. The maximum absolute atomic E-state index is 13.2. The summed E-state index contributed by atoms with van der Waals surface area (Å²) in [6, 6.07) is 2.12. The van der Waals surface area contributed by atoms with E-state index in [2.05, 4.69) is 0 Å². The van der Waals surface area contributed by atoms with Crippen LogP contribution >= 0.6 is 0 Å². The Balaban J connectivity index is 3.55. The number of carbonyl (C=O) groups is 1. The van der Waals surface area contributed by atoms with Crippen molar-refractivity contribution in [3.63, 3.8) is 0 Å².